The molecule has 0 atom stereocenters. The normalized spacial score (nSPS) is 14.8. The Morgan fingerprint density at radius 1 is 1.35 bits per heavy atom. The molecule has 5 heteroatoms. The molecule has 2 aromatic rings. The zero-order valence-electron chi connectivity index (χ0n) is 10.8. The predicted octanol–water partition coefficient (Wildman–Crippen LogP) is 3.31. The molecule has 3 rings (SSSR count). The minimum atomic E-state index is -0.753. The Bertz CT molecular complexity index is 647. The van der Waals surface area contributed by atoms with Crippen LogP contribution < -0.4 is 5.32 Å². The summed E-state index contributed by atoms with van der Waals surface area (Å²) >= 11 is 0. The first kappa shape index (κ1) is 12.7. The molecule has 4 nitrogen and oxygen atoms in total. The van der Waals surface area contributed by atoms with Crippen molar-refractivity contribution >= 4 is 11.6 Å². The zero-order valence-corrected chi connectivity index (χ0v) is 10.8. The van der Waals surface area contributed by atoms with Gasteiger partial charge in [0.15, 0.2) is 11.6 Å². The van der Waals surface area contributed by atoms with Gasteiger partial charge in [-0.3, -0.25) is 4.79 Å². The maximum absolute atomic E-state index is 13.2. The van der Waals surface area contributed by atoms with Crippen molar-refractivity contribution in [3.05, 3.63) is 48.0 Å². The number of nitrogens with zero attached hydrogens (tertiary/aromatic N) is 1. The molecule has 1 aromatic heterocycles. The van der Waals surface area contributed by atoms with E-state index >= 15 is 0 Å². The van der Waals surface area contributed by atoms with Crippen LogP contribution in [0.2, 0.25) is 0 Å². The van der Waals surface area contributed by atoms with Gasteiger partial charge in [-0.05, 0) is 43.5 Å². The minimum absolute atomic E-state index is 0.271. The largest absolute Gasteiger partial charge is 0.505 e. The van der Waals surface area contributed by atoms with Crippen molar-refractivity contribution in [3.8, 4) is 5.75 Å². The molecule has 1 saturated carbocycles. The summed E-state index contributed by atoms with van der Waals surface area (Å²) in [5, 5.41) is 11.8. The quantitative estimate of drug-likeness (QED) is 0.844. The number of rotatable bonds is 3. The predicted molar refractivity (Wildman–Crippen MR) is 73.3 cm³/mol. The molecule has 1 aliphatic rings. The monoisotopic (exact) mass is 274 g/mol. The van der Waals surface area contributed by atoms with Crippen LogP contribution in [0.3, 0.4) is 0 Å². The van der Waals surface area contributed by atoms with Crippen LogP contribution in [0.1, 0.15) is 35.8 Å². The second-order valence-electron chi connectivity index (χ2n) is 5.01. The van der Waals surface area contributed by atoms with Crippen LogP contribution in [0.25, 0.3) is 0 Å². The van der Waals surface area contributed by atoms with Crippen molar-refractivity contribution < 1.29 is 14.3 Å². The maximum Gasteiger partial charge on any atom is 0.272 e. The van der Waals surface area contributed by atoms with Gasteiger partial charge in [0.1, 0.15) is 5.69 Å². The number of carbonyl (C=O) groups excluding carboxylic acids is 1. The zero-order chi connectivity index (χ0) is 14.1. The third kappa shape index (κ3) is 2.27. The number of amides is 1. The smallest absolute Gasteiger partial charge is 0.272 e. The summed E-state index contributed by atoms with van der Waals surface area (Å²) in [4.78, 5) is 12.2. The third-order valence-corrected chi connectivity index (χ3v) is 3.69. The van der Waals surface area contributed by atoms with Crippen molar-refractivity contribution in [1.29, 1.82) is 0 Å². The molecule has 0 saturated heterocycles. The number of hydrogen-bond acceptors (Lipinski definition) is 2. The van der Waals surface area contributed by atoms with E-state index < -0.39 is 11.6 Å². The summed E-state index contributed by atoms with van der Waals surface area (Å²) < 4.78 is 15.2. The Balaban J connectivity index is 1.79. The Labute approximate surface area is 115 Å². The van der Waals surface area contributed by atoms with Gasteiger partial charge in [0.2, 0.25) is 0 Å². The van der Waals surface area contributed by atoms with E-state index in [1.54, 1.807) is 6.07 Å². The van der Waals surface area contributed by atoms with Crippen LogP contribution >= 0.6 is 0 Å². The van der Waals surface area contributed by atoms with Gasteiger partial charge in [0.25, 0.3) is 5.91 Å². The van der Waals surface area contributed by atoms with E-state index in [2.05, 4.69) is 5.32 Å². The van der Waals surface area contributed by atoms with E-state index in [9.17, 15) is 9.18 Å². The Kier molecular flexibility index (Phi) is 3.18. The van der Waals surface area contributed by atoms with E-state index in [1.165, 1.54) is 18.6 Å². The topological polar surface area (TPSA) is 54.3 Å². The number of phenols is 1. The van der Waals surface area contributed by atoms with Crippen molar-refractivity contribution in [2.45, 2.75) is 25.3 Å². The van der Waals surface area contributed by atoms with Gasteiger partial charge in [-0.1, -0.05) is 0 Å². The Hall–Kier alpha value is -2.30. The average Bonchev–Trinajstić information content (AvgIpc) is 2.81. The van der Waals surface area contributed by atoms with E-state index in [4.69, 9.17) is 5.11 Å². The van der Waals surface area contributed by atoms with Gasteiger partial charge in [-0.15, -0.1) is 0 Å². The lowest BCUT2D eigenvalue weighted by Gasteiger charge is -2.28. The molecule has 1 fully saturated rings. The first-order valence-electron chi connectivity index (χ1n) is 6.62. The number of halogens is 1. The number of nitrogens with one attached hydrogen (secondary N) is 1. The lowest BCUT2D eigenvalue weighted by atomic mass is 9.93. The van der Waals surface area contributed by atoms with Crippen molar-refractivity contribution in [1.82, 2.24) is 4.57 Å². The molecule has 2 N–H and O–H groups in total. The van der Waals surface area contributed by atoms with Crippen LogP contribution in [0.4, 0.5) is 10.1 Å². The van der Waals surface area contributed by atoms with Crippen LogP contribution in [0, 0.1) is 5.82 Å². The van der Waals surface area contributed by atoms with Gasteiger partial charge in [0, 0.05) is 24.0 Å². The Morgan fingerprint density at radius 2 is 2.15 bits per heavy atom. The molecule has 0 aliphatic heterocycles. The molecule has 0 spiro atoms. The molecular formula is C15H15FN2O2. The first-order chi connectivity index (χ1) is 9.65. The number of aromatic nitrogens is 1. The highest BCUT2D eigenvalue weighted by Crippen LogP contribution is 2.33. The van der Waals surface area contributed by atoms with Crippen molar-refractivity contribution in [2.75, 3.05) is 5.32 Å². The first-order valence-corrected chi connectivity index (χ1v) is 6.62. The van der Waals surface area contributed by atoms with Gasteiger partial charge in [-0.2, -0.15) is 0 Å². The number of hydrogen-bond donors (Lipinski definition) is 2. The number of carbonyl (C=O) groups is 1. The lowest BCUT2D eigenvalue weighted by molar-refractivity contribution is 0.101. The van der Waals surface area contributed by atoms with Crippen molar-refractivity contribution in [3.63, 3.8) is 0 Å². The van der Waals surface area contributed by atoms with E-state index in [1.807, 2.05) is 16.8 Å². The number of aromatic hydroxyl groups is 1. The van der Waals surface area contributed by atoms with E-state index in [0.717, 1.165) is 18.9 Å². The molecule has 1 heterocycles. The Morgan fingerprint density at radius 3 is 2.80 bits per heavy atom. The SMILES string of the molecule is O=C(Nc1ccc(O)c(F)c1)c1cccn1C1CCC1. The fraction of sp³-hybridized carbons (Fsp3) is 0.267. The number of anilines is 1. The third-order valence-electron chi connectivity index (χ3n) is 3.69. The highest BCUT2D eigenvalue weighted by atomic mass is 19.1. The lowest BCUT2D eigenvalue weighted by Crippen LogP contribution is -2.23. The summed E-state index contributed by atoms with van der Waals surface area (Å²) in [7, 11) is 0. The molecule has 1 aromatic carbocycles. The van der Waals surface area contributed by atoms with Crippen LogP contribution in [-0.2, 0) is 0 Å². The second kappa shape index (κ2) is 5.00. The summed E-state index contributed by atoms with van der Waals surface area (Å²) in [6.07, 6.45) is 5.26. The molecule has 1 aliphatic carbocycles. The van der Waals surface area contributed by atoms with Gasteiger partial charge in [0.05, 0.1) is 0 Å². The second-order valence-corrected chi connectivity index (χ2v) is 5.01. The van der Waals surface area contributed by atoms with Crippen LogP contribution in [0.15, 0.2) is 36.5 Å². The van der Waals surface area contributed by atoms with Gasteiger partial charge < -0.3 is 15.0 Å². The highest BCUT2D eigenvalue weighted by Gasteiger charge is 2.23. The molecule has 0 radical (unpaired) electrons. The molecule has 0 bridgehead atoms. The fourth-order valence-electron chi connectivity index (χ4n) is 2.35. The van der Waals surface area contributed by atoms with Gasteiger partial charge >= 0.3 is 0 Å². The van der Waals surface area contributed by atoms with Crippen LogP contribution in [-0.4, -0.2) is 15.6 Å². The molecule has 0 unspecified atom stereocenters. The molecular weight excluding hydrogens is 259 g/mol. The minimum Gasteiger partial charge on any atom is -0.505 e. The number of phenolic OH excluding ortho intramolecular Hbond substituents is 1. The van der Waals surface area contributed by atoms with Gasteiger partial charge in [-0.25, -0.2) is 4.39 Å². The summed E-state index contributed by atoms with van der Waals surface area (Å²) in [6.45, 7) is 0. The summed E-state index contributed by atoms with van der Waals surface area (Å²) in [5.74, 6) is -1.45. The maximum atomic E-state index is 13.2. The highest BCUT2D eigenvalue weighted by molar-refractivity contribution is 6.03. The van der Waals surface area contributed by atoms with Crippen molar-refractivity contribution in [2.24, 2.45) is 0 Å². The van der Waals surface area contributed by atoms with E-state index in [-0.39, 0.29) is 5.91 Å². The molecule has 20 heavy (non-hydrogen) atoms. The average molecular weight is 274 g/mol. The molecule has 104 valence electrons. The number of benzene rings is 1. The van der Waals surface area contributed by atoms with Crippen LogP contribution in [0.5, 0.6) is 5.75 Å². The fourth-order valence-corrected chi connectivity index (χ4v) is 2.35. The standard InChI is InChI=1S/C15H15FN2O2/c16-12-9-10(6-7-14(12)19)17-15(20)13-5-2-8-18(13)11-3-1-4-11/h2,5-9,11,19H,1,3-4H2,(H,17,20). The summed E-state index contributed by atoms with van der Waals surface area (Å²) in [6, 6.07) is 7.77. The van der Waals surface area contributed by atoms with E-state index in [0.29, 0.717) is 17.4 Å². The summed E-state index contributed by atoms with van der Waals surface area (Å²) in [5.41, 5.74) is 0.898. The molecule has 1 amide bonds.